The summed E-state index contributed by atoms with van der Waals surface area (Å²) in [5.74, 6) is 0.812. The molecule has 0 spiro atoms. The lowest BCUT2D eigenvalue weighted by Gasteiger charge is -2.28. The fourth-order valence-corrected chi connectivity index (χ4v) is 6.12. The zero-order valence-corrected chi connectivity index (χ0v) is 20.0. The van der Waals surface area contributed by atoms with E-state index in [2.05, 4.69) is 29.3 Å². The molecular weight excluding hydrogens is 404 g/mol. The van der Waals surface area contributed by atoms with Crippen LogP contribution in [0.2, 0.25) is 0 Å². The van der Waals surface area contributed by atoms with Gasteiger partial charge < -0.3 is 20.1 Å². The molecule has 1 amide bonds. The van der Waals surface area contributed by atoms with Crippen molar-refractivity contribution in [3.63, 3.8) is 0 Å². The highest BCUT2D eigenvalue weighted by molar-refractivity contribution is 5.78. The van der Waals surface area contributed by atoms with E-state index in [0.717, 1.165) is 32.4 Å². The molecule has 2 N–H and O–H groups in total. The predicted molar refractivity (Wildman–Crippen MR) is 126 cm³/mol. The van der Waals surface area contributed by atoms with Gasteiger partial charge in [-0.2, -0.15) is 0 Å². The number of unbranched alkanes of at least 4 members (excludes halogenated alkanes) is 2. The van der Waals surface area contributed by atoms with Crippen LogP contribution in [0.5, 0.6) is 0 Å². The van der Waals surface area contributed by atoms with Crippen LogP contribution in [0.15, 0.2) is 12.2 Å². The van der Waals surface area contributed by atoms with E-state index in [4.69, 9.17) is 9.84 Å². The van der Waals surface area contributed by atoms with Gasteiger partial charge in [-0.05, 0) is 83.1 Å². The number of aliphatic carboxylic acids is 1. The minimum atomic E-state index is -0.713. The number of carbonyl (C=O) groups excluding carboxylic acids is 1. The van der Waals surface area contributed by atoms with E-state index in [1.807, 2.05) is 0 Å². The van der Waals surface area contributed by atoms with Crippen LogP contribution in [-0.2, 0) is 14.3 Å². The molecule has 6 heteroatoms. The first-order valence-corrected chi connectivity index (χ1v) is 13.1. The number of ether oxygens (including phenoxy) is 1. The molecule has 0 aromatic rings. The first kappa shape index (κ1) is 25.2. The SMILES string of the molecule is CCN(C(=O)CNCCCC[C@@H]1[C@@H](CC=CCCCC(=O)O)[C@H]2CC[C@@H]1O2)C1CCCC1. The Morgan fingerprint density at radius 3 is 2.50 bits per heavy atom. The van der Waals surface area contributed by atoms with Gasteiger partial charge in [-0.25, -0.2) is 0 Å². The van der Waals surface area contributed by atoms with Crippen LogP contribution in [0, 0.1) is 11.8 Å². The molecule has 32 heavy (non-hydrogen) atoms. The Morgan fingerprint density at radius 2 is 1.78 bits per heavy atom. The fourth-order valence-electron chi connectivity index (χ4n) is 6.12. The van der Waals surface area contributed by atoms with Crippen molar-refractivity contribution in [2.75, 3.05) is 19.6 Å². The molecule has 2 saturated heterocycles. The predicted octanol–water partition coefficient (Wildman–Crippen LogP) is 4.53. The van der Waals surface area contributed by atoms with Gasteiger partial charge in [0, 0.05) is 19.0 Å². The second kappa shape index (κ2) is 13.3. The van der Waals surface area contributed by atoms with E-state index in [9.17, 15) is 9.59 Å². The molecule has 3 fully saturated rings. The van der Waals surface area contributed by atoms with Gasteiger partial charge in [0.05, 0.1) is 18.8 Å². The molecule has 3 rings (SSSR count). The third kappa shape index (κ3) is 7.31. The topological polar surface area (TPSA) is 78.9 Å². The molecule has 6 nitrogen and oxygen atoms in total. The number of allylic oxidation sites excluding steroid dienone is 2. The molecule has 0 aromatic heterocycles. The van der Waals surface area contributed by atoms with Gasteiger partial charge in [0.2, 0.25) is 5.91 Å². The highest BCUT2D eigenvalue weighted by Gasteiger charge is 2.47. The third-order valence-corrected chi connectivity index (χ3v) is 7.77. The molecule has 4 atom stereocenters. The highest BCUT2D eigenvalue weighted by Crippen LogP contribution is 2.47. The standard InChI is InChI=1S/C26H44N2O4/c1-2-28(20-11-7-8-12-20)25(29)19-27-18-10-9-14-22-21(23-16-17-24(22)32-23)13-5-3-4-6-15-26(30)31/h3,5,20-24,27H,2,4,6-19H2,1H3,(H,30,31)/t21-,22-,23-,24+/m1/s1. The summed E-state index contributed by atoms with van der Waals surface area (Å²) < 4.78 is 6.23. The Kier molecular flexibility index (Phi) is 10.5. The quantitative estimate of drug-likeness (QED) is 0.284. The maximum absolute atomic E-state index is 12.5. The molecule has 182 valence electrons. The lowest BCUT2D eigenvalue weighted by molar-refractivity contribution is -0.137. The van der Waals surface area contributed by atoms with Crippen molar-refractivity contribution in [3.05, 3.63) is 12.2 Å². The molecular formula is C26H44N2O4. The number of hydrogen-bond donors (Lipinski definition) is 2. The molecule has 3 aliphatic rings. The van der Waals surface area contributed by atoms with Crippen molar-refractivity contribution in [2.24, 2.45) is 11.8 Å². The molecule has 0 radical (unpaired) electrons. The number of nitrogens with one attached hydrogen (secondary N) is 1. The van der Waals surface area contributed by atoms with Gasteiger partial charge in [-0.1, -0.05) is 31.4 Å². The van der Waals surface area contributed by atoms with Crippen LogP contribution in [-0.4, -0.2) is 59.8 Å². The summed E-state index contributed by atoms with van der Waals surface area (Å²) >= 11 is 0. The number of carbonyl (C=O) groups is 2. The Bertz CT molecular complexity index is 617. The number of fused-ring (bicyclic) bond motifs is 2. The summed E-state index contributed by atoms with van der Waals surface area (Å²) in [5, 5.41) is 12.1. The lowest BCUT2D eigenvalue weighted by atomic mass is 9.75. The number of carboxylic acids is 1. The van der Waals surface area contributed by atoms with Crippen molar-refractivity contribution < 1.29 is 19.4 Å². The number of carboxylic acid groups (broad SMARTS) is 1. The van der Waals surface area contributed by atoms with Crippen molar-refractivity contribution in [2.45, 2.75) is 109 Å². The van der Waals surface area contributed by atoms with Gasteiger partial charge >= 0.3 is 5.97 Å². The average Bonchev–Trinajstić information content (AvgIpc) is 3.52. The zero-order valence-electron chi connectivity index (χ0n) is 20.0. The second-order valence-electron chi connectivity index (χ2n) is 9.90. The van der Waals surface area contributed by atoms with E-state index < -0.39 is 5.97 Å². The van der Waals surface area contributed by atoms with Gasteiger partial charge in [0.25, 0.3) is 0 Å². The smallest absolute Gasteiger partial charge is 0.303 e. The summed E-state index contributed by atoms with van der Waals surface area (Å²) in [5.41, 5.74) is 0. The Labute approximate surface area is 194 Å². The molecule has 1 saturated carbocycles. The molecule has 2 aliphatic heterocycles. The second-order valence-corrected chi connectivity index (χ2v) is 9.90. The van der Waals surface area contributed by atoms with Gasteiger partial charge in [-0.3, -0.25) is 9.59 Å². The summed E-state index contributed by atoms with van der Waals surface area (Å²) in [7, 11) is 0. The largest absolute Gasteiger partial charge is 0.481 e. The van der Waals surface area contributed by atoms with Crippen molar-refractivity contribution in [1.82, 2.24) is 10.2 Å². The van der Waals surface area contributed by atoms with E-state index in [-0.39, 0.29) is 12.3 Å². The van der Waals surface area contributed by atoms with Crippen LogP contribution in [0.1, 0.15) is 90.4 Å². The van der Waals surface area contributed by atoms with Crippen molar-refractivity contribution in [3.8, 4) is 0 Å². The molecule has 0 unspecified atom stereocenters. The van der Waals surface area contributed by atoms with Crippen molar-refractivity contribution >= 4 is 11.9 Å². The van der Waals surface area contributed by atoms with Crippen LogP contribution >= 0.6 is 0 Å². The van der Waals surface area contributed by atoms with E-state index in [1.54, 1.807) is 0 Å². The van der Waals surface area contributed by atoms with E-state index >= 15 is 0 Å². The Hall–Kier alpha value is -1.40. The normalized spacial score (nSPS) is 27.5. The maximum atomic E-state index is 12.5. The minimum absolute atomic E-state index is 0.251. The summed E-state index contributed by atoms with van der Waals surface area (Å²) in [4.78, 5) is 25.2. The zero-order chi connectivity index (χ0) is 22.8. The Balaban J connectivity index is 1.29. The van der Waals surface area contributed by atoms with Gasteiger partial charge in [0.1, 0.15) is 0 Å². The van der Waals surface area contributed by atoms with Gasteiger partial charge in [0.15, 0.2) is 0 Å². The maximum Gasteiger partial charge on any atom is 0.303 e. The monoisotopic (exact) mass is 448 g/mol. The molecule has 2 heterocycles. The summed E-state index contributed by atoms with van der Waals surface area (Å²) in [6, 6.07) is 0.468. The molecule has 0 aromatic carbocycles. The van der Waals surface area contributed by atoms with Crippen LogP contribution in [0.3, 0.4) is 0 Å². The van der Waals surface area contributed by atoms with Crippen LogP contribution in [0.25, 0.3) is 0 Å². The number of hydrogen-bond acceptors (Lipinski definition) is 4. The molecule has 2 bridgehead atoms. The number of likely N-dealkylation sites (N-methyl/N-ethyl adjacent to an activating group) is 1. The first-order chi connectivity index (χ1) is 15.6. The van der Waals surface area contributed by atoms with Crippen LogP contribution < -0.4 is 5.32 Å². The molecule has 1 aliphatic carbocycles. The van der Waals surface area contributed by atoms with E-state index in [0.29, 0.717) is 43.1 Å². The minimum Gasteiger partial charge on any atom is -0.481 e. The fraction of sp³-hybridized carbons (Fsp3) is 0.846. The number of amides is 1. The number of nitrogens with zero attached hydrogens (tertiary/aromatic N) is 1. The number of rotatable bonds is 15. The summed E-state index contributed by atoms with van der Waals surface area (Å²) in [6.45, 7) is 4.29. The van der Waals surface area contributed by atoms with Gasteiger partial charge in [-0.15, -0.1) is 0 Å². The summed E-state index contributed by atoms with van der Waals surface area (Å²) in [6.07, 6.45) is 18.9. The third-order valence-electron chi connectivity index (χ3n) is 7.77. The average molecular weight is 449 g/mol. The van der Waals surface area contributed by atoms with Crippen molar-refractivity contribution in [1.29, 1.82) is 0 Å². The Morgan fingerprint density at radius 1 is 1.03 bits per heavy atom. The highest BCUT2D eigenvalue weighted by atomic mass is 16.5. The van der Waals surface area contributed by atoms with Crippen LogP contribution in [0.4, 0.5) is 0 Å². The first-order valence-electron chi connectivity index (χ1n) is 13.1. The van der Waals surface area contributed by atoms with E-state index in [1.165, 1.54) is 51.4 Å². The lowest BCUT2D eigenvalue weighted by Crippen LogP contribution is -2.43.